The van der Waals surface area contributed by atoms with E-state index in [1.165, 1.54) is 17.0 Å². The molecule has 1 heterocycles. The van der Waals surface area contributed by atoms with E-state index in [4.69, 9.17) is 0 Å². The highest BCUT2D eigenvalue weighted by Gasteiger charge is 2.32. The van der Waals surface area contributed by atoms with Crippen molar-refractivity contribution in [3.63, 3.8) is 0 Å². The zero-order valence-electron chi connectivity index (χ0n) is 10.6. The molecule has 1 amide bonds. The molecule has 0 radical (unpaired) electrons. The van der Waals surface area contributed by atoms with Gasteiger partial charge in [0.05, 0.1) is 12.1 Å². The SMILES string of the molecule is O=C1c2cccc(Br)c2CN1c1ccc(C(F)(F)F)cc1. The largest absolute Gasteiger partial charge is 0.416 e. The topological polar surface area (TPSA) is 20.3 Å². The van der Waals surface area contributed by atoms with Gasteiger partial charge in [-0.15, -0.1) is 0 Å². The zero-order valence-corrected chi connectivity index (χ0v) is 12.2. The molecule has 0 saturated carbocycles. The number of halogens is 4. The van der Waals surface area contributed by atoms with Crippen molar-refractivity contribution >= 4 is 27.5 Å². The van der Waals surface area contributed by atoms with Gasteiger partial charge in [-0.1, -0.05) is 22.0 Å². The van der Waals surface area contributed by atoms with Crippen LogP contribution < -0.4 is 4.90 Å². The van der Waals surface area contributed by atoms with E-state index in [-0.39, 0.29) is 5.91 Å². The molecule has 0 aromatic heterocycles. The number of carbonyl (C=O) groups is 1. The monoisotopic (exact) mass is 355 g/mol. The first-order valence-corrected chi connectivity index (χ1v) is 6.94. The van der Waals surface area contributed by atoms with Crippen LogP contribution in [0.15, 0.2) is 46.9 Å². The minimum atomic E-state index is -4.38. The second kappa shape index (κ2) is 4.87. The van der Waals surface area contributed by atoms with Gasteiger partial charge in [0.25, 0.3) is 5.91 Å². The molecule has 0 saturated heterocycles. The van der Waals surface area contributed by atoms with Crippen LogP contribution in [0.25, 0.3) is 0 Å². The second-order valence-electron chi connectivity index (χ2n) is 4.70. The van der Waals surface area contributed by atoms with E-state index in [1.54, 1.807) is 12.1 Å². The fourth-order valence-corrected chi connectivity index (χ4v) is 2.83. The lowest BCUT2D eigenvalue weighted by Gasteiger charge is -2.16. The molecule has 2 aromatic carbocycles. The smallest absolute Gasteiger partial charge is 0.304 e. The first kappa shape index (κ1) is 14.1. The summed E-state index contributed by atoms with van der Waals surface area (Å²) in [6.45, 7) is 0.348. The second-order valence-corrected chi connectivity index (χ2v) is 5.56. The van der Waals surface area contributed by atoms with Crippen molar-refractivity contribution < 1.29 is 18.0 Å². The Kier molecular flexibility index (Phi) is 3.28. The van der Waals surface area contributed by atoms with Gasteiger partial charge in [0, 0.05) is 15.7 Å². The van der Waals surface area contributed by atoms with Gasteiger partial charge in [0.1, 0.15) is 0 Å². The highest BCUT2D eigenvalue weighted by Crippen LogP contribution is 2.35. The molecule has 0 bridgehead atoms. The number of amides is 1. The molecule has 0 spiro atoms. The van der Waals surface area contributed by atoms with Crippen LogP contribution >= 0.6 is 15.9 Å². The third-order valence-corrected chi connectivity index (χ3v) is 4.16. The Morgan fingerprint density at radius 2 is 1.71 bits per heavy atom. The number of hydrogen-bond acceptors (Lipinski definition) is 1. The average molecular weight is 356 g/mol. The van der Waals surface area contributed by atoms with E-state index >= 15 is 0 Å². The third-order valence-electron chi connectivity index (χ3n) is 3.42. The van der Waals surface area contributed by atoms with Crippen molar-refractivity contribution in [3.05, 3.63) is 63.6 Å². The Hall–Kier alpha value is -1.82. The van der Waals surface area contributed by atoms with E-state index in [0.717, 1.165) is 22.2 Å². The molecule has 6 heteroatoms. The Morgan fingerprint density at radius 3 is 2.29 bits per heavy atom. The van der Waals surface area contributed by atoms with Crippen LogP contribution in [-0.4, -0.2) is 5.91 Å². The molecule has 0 atom stereocenters. The zero-order chi connectivity index (χ0) is 15.2. The average Bonchev–Trinajstić information content (AvgIpc) is 2.77. The van der Waals surface area contributed by atoms with Crippen LogP contribution in [0.1, 0.15) is 21.5 Å². The van der Waals surface area contributed by atoms with Gasteiger partial charge in [-0.25, -0.2) is 0 Å². The fraction of sp³-hybridized carbons (Fsp3) is 0.133. The Morgan fingerprint density at radius 1 is 1.05 bits per heavy atom. The molecule has 3 rings (SSSR count). The van der Waals surface area contributed by atoms with Gasteiger partial charge in [-0.2, -0.15) is 13.2 Å². The first-order valence-electron chi connectivity index (χ1n) is 6.14. The van der Waals surface area contributed by atoms with Crippen molar-refractivity contribution in [1.29, 1.82) is 0 Å². The lowest BCUT2D eigenvalue weighted by molar-refractivity contribution is -0.137. The van der Waals surface area contributed by atoms with Crippen LogP contribution in [0, 0.1) is 0 Å². The normalized spacial score (nSPS) is 14.5. The molecular weight excluding hydrogens is 347 g/mol. The van der Waals surface area contributed by atoms with Gasteiger partial charge in [-0.3, -0.25) is 4.79 Å². The first-order chi connectivity index (χ1) is 9.88. The van der Waals surface area contributed by atoms with Crippen molar-refractivity contribution in [2.75, 3.05) is 4.90 Å². The van der Waals surface area contributed by atoms with E-state index in [9.17, 15) is 18.0 Å². The van der Waals surface area contributed by atoms with Gasteiger partial charge in [-0.05, 0) is 42.0 Å². The molecule has 0 fully saturated rings. The van der Waals surface area contributed by atoms with Gasteiger partial charge in [0.15, 0.2) is 0 Å². The van der Waals surface area contributed by atoms with Crippen molar-refractivity contribution in [2.45, 2.75) is 12.7 Å². The Bertz CT molecular complexity index is 710. The predicted octanol–water partition coefficient (Wildman–Crippen LogP) is 4.63. The third kappa shape index (κ3) is 2.44. The molecule has 2 nitrogen and oxygen atoms in total. The van der Waals surface area contributed by atoms with Gasteiger partial charge >= 0.3 is 6.18 Å². The van der Waals surface area contributed by atoms with Crippen LogP contribution in [-0.2, 0) is 12.7 Å². The standard InChI is InChI=1S/C15H9BrF3NO/c16-13-3-1-2-11-12(13)8-20(14(11)21)10-6-4-9(5-7-10)15(17,18)19/h1-7H,8H2. The summed E-state index contributed by atoms with van der Waals surface area (Å²) in [5.74, 6) is -0.203. The fourth-order valence-electron chi connectivity index (χ4n) is 2.33. The molecule has 21 heavy (non-hydrogen) atoms. The number of rotatable bonds is 1. The summed E-state index contributed by atoms with van der Waals surface area (Å²) in [7, 11) is 0. The highest BCUT2D eigenvalue weighted by atomic mass is 79.9. The van der Waals surface area contributed by atoms with Crippen molar-refractivity contribution in [3.8, 4) is 0 Å². The molecule has 0 N–H and O–H groups in total. The maximum Gasteiger partial charge on any atom is 0.416 e. The molecule has 1 aliphatic rings. The summed E-state index contributed by atoms with van der Waals surface area (Å²) in [6, 6.07) is 9.92. The summed E-state index contributed by atoms with van der Waals surface area (Å²) in [5, 5.41) is 0. The number of anilines is 1. The van der Waals surface area contributed by atoms with Gasteiger partial charge in [0.2, 0.25) is 0 Å². The van der Waals surface area contributed by atoms with Crippen molar-refractivity contribution in [2.24, 2.45) is 0 Å². The highest BCUT2D eigenvalue weighted by molar-refractivity contribution is 9.10. The number of benzene rings is 2. The number of hydrogen-bond donors (Lipinski definition) is 0. The van der Waals surface area contributed by atoms with Crippen LogP contribution in [0.5, 0.6) is 0 Å². The predicted molar refractivity (Wildman–Crippen MR) is 76.1 cm³/mol. The summed E-state index contributed by atoms with van der Waals surface area (Å²) < 4.78 is 38.5. The van der Waals surface area contributed by atoms with E-state index < -0.39 is 11.7 Å². The van der Waals surface area contributed by atoms with Gasteiger partial charge < -0.3 is 4.90 Å². The molecule has 0 aliphatic carbocycles. The van der Waals surface area contributed by atoms with Crippen LogP contribution in [0.3, 0.4) is 0 Å². The maximum atomic E-state index is 12.6. The molecule has 0 unspecified atom stereocenters. The van der Waals surface area contributed by atoms with E-state index in [2.05, 4.69) is 15.9 Å². The Labute approximate surface area is 127 Å². The number of nitrogens with zero attached hydrogens (tertiary/aromatic N) is 1. The summed E-state index contributed by atoms with van der Waals surface area (Å²) in [5.41, 5.74) is 1.15. The Balaban J connectivity index is 1.94. The number of alkyl halides is 3. The van der Waals surface area contributed by atoms with E-state index in [1.807, 2.05) is 6.07 Å². The quantitative estimate of drug-likeness (QED) is 0.730. The molecule has 1 aliphatic heterocycles. The summed E-state index contributed by atoms with van der Waals surface area (Å²) in [4.78, 5) is 13.8. The number of carbonyl (C=O) groups excluding carboxylic acids is 1. The molecule has 2 aromatic rings. The summed E-state index contributed by atoms with van der Waals surface area (Å²) >= 11 is 3.38. The van der Waals surface area contributed by atoms with E-state index in [0.29, 0.717) is 17.8 Å². The minimum Gasteiger partial charge on any atom is -0.304 e. The minimum absolute atomic E-state index is 0.203. The summed E-state index contributed by atoms with van der Waals surface area (Å²) in [6.07, 6.45) is -4.38. The maximum absolute atomic E-state index is 12.6. The lowest BCUT2D eigenvalue weighted by Crippen LogP contribution is -2.23. The van der Waals surface area contributed by atoms with Crippen LogP contribution in [0.4, 0.5) is 18.9 Å². The van der Waals surface area contributed by atoms with Crippen LogP contribution in [0.2, 0.25) is 0 Å². The molecular formula is C15H9BrF3NO. The lowest BCUT2D eigenvalue weighted by atomic mass is 10.1. The molecule has 108 valence electrons. The number of fused-ring (bicyclic) bond motifs is 1. The van der Waals surface area contributed by atoms with Crippen molar-refractivity contribution in [1.82, 2.24) is 0 Å².